The number of halogens is 1. The van der Waals surface area contributed by atoms with Crippen molar-refractivity contribution >= 4 is 49.4 Å². The molecule has 1 heterocycles. The molecule has 2 N–H and O–H groups in total. The van der Waals surface area contributed by atoms with E-state index < -0.39 is 16.5 Å². The van der Waals surface area contributed by atoms with Crippen molar-refractivity contribution in [3.8, 4) is 0 Å². The fourth-order valence-corrected chi connectivity index (χ4v) is 12.1. The second-order valence-electron chi connectivity index (χ2n) is 14.4. The molecule has 0 saturated heterocycles. The van der Waals surface area contributed by atoms with Gasteiger partial charge in [0.05, 0.1) is 15.9 Å². The maximum absolute atomic E-state index is 13.4. The van der Waals surface area contributed by atoms with Gasteiger partial charge >= 0.3 is 10.4 Å². The summed E-state index contributed by atoms with van der Waals surface area (Å²) in [6.45, 7) is 11.1. The summed E-state index contributed by atoms with van der Waals surface area (Å²) >= 11 is 5.20. The summed E-state index contributed by atoms with van der Waals surface area (Å²) in [5.74, 6) is 1.74. The van der Waals surface area contributed by atoms with E-state index in [-0.39, 0.29) is 64.1 Å². The summed E-state index contributed by atoms with van der Waals surface area (Å²) in [6.07, 6.45) is 6.22. The van der Waals surface area contributed by atoms with Crippen LogP contribution in [-0.2, 0) is 24.2 Å². The number of Topliss-reactive ketones (excluding diaryl/α,β-unsaturated/α-hetero) is 1. The number of amides is 1. The fourth-order valence-electron chi connectivity index (χ4n) is 9.95. The first-order chi connectivity index (χ1) is 19.1. The van der Waals surface area contributed by atoms with Crippen LogP contribution in [-0.4, -0.2) is 30.8 Å². The van der Waals surface area contributed by atoms with Gasteiger partial charge in [-0.1, -0.05) is 34.6 Å². The van der Waals surface area contributed by atoms with Crippen LogP contribution < -0.4 is 5.32 Å². The van der Waals surface area contributed by atoms with Gasteiger partial charge in [0, 0.05) is 24.1 Å². The van der Waals surface area contributed by atoms with Crippen LogP contribution in [0.2, 0.25) is 0 Å². The molecule has 4 saturated carbocycles. The lowest BCUT2D eigenvalue weighted by atomic mass is 9.44. The average Bonchev–Trinajstić information content (AvgIpc) is 3.45. The third-order valence-electron chi connectivity index (χ3n) is 11.9. The van der Waals surface area contributed by atoms with Crippen LogP contribution in [0.3, 0.4) is 0 Å². The molecule has 0 spiro atoms. The molecular weight excluding hydrogens is 626 g/mol. The molecule has 1 unspecified atom stereocenters. The number of hydrogen-bond donors (Lipinski definition) is 2. The molecule has 0 radical (unpaired) electrons. The number of carbonyl (C=O) groups excluding carboxylic acids is 2. The van der Waals surface area contributed by atoms with Crippen molar-refractivity contribution in [2.45, 2.75) is 105 Å². The minimum absolute atomic E-state index is 0.0127. The van der Waals surface area contributed by atoms with Crippen molar-refractivity contribution in [2.75, 3.05) is 0 Å². The highest BCUT2D eigenvalue weighted by molar-refractivity contribution is 9.11. The molecule has 7 nitrogen and oxygen atoms in total. The van der Waals surface area contributed by atoms with E-state index in [2.05, 4.69) is 61.9 Å². The molecule has 4 fully saturated rings. The topological polar surface area (TPSA) is 110 Å². The second kappa shape index (κ2) is 11.6. The van der Waals surface area contributed by atoms with Crippen LogP contribution in [0.4, 0.5) is 0 Å². The SMILES string of the molecule is CC(C)C(NC(=O)C[C@@H](C)[C@H]1CC[C@H]2[C@@H]3[C@H](OS(=O)(=O)O)C[C@@H]4CC(=O)CC[C@]4(C)[C@H]3CC[C@]12C)c1ccc(Br)s1. The van der Waals surface area contributed by atoms with Gasteiger partial charge in [-0.25, -0.2) is 4.18 Å². The highest BCUT2D eigenvalue weighted by Gasteiger charge is 2.64. The van der Waals surface area contributed by atoms with E-state index in [9.17, 15) is 22.6 Å². The fraction of sp³-hybridized carbons (Fsp3) is 0.806. The Morgan fingerprint density at radius 2 is 1.85 bits per heavy atom. The predicted molar refractivity (Wildman–Crippen MR) is 164 cm³/mol. The van der Waals surface area contributed by atoms with E-state index in [1.807, 2.05) is 6.07 Å². The molecule has 41 heavy (non-hydrogen) atoms. The largest absolute Gasteiger partial charge is 0.397 e. The monoisotopic (exact) mass is 671 g/mol. The zero-order valence-corrected chi connectivity index (χ0v) is 28.1. The third kappa shape index (κ3) is 6.11. The maximum Gasteiger partial charge on any atom is 0.397 e. The van der Waals surface area contributed by atoms with E-state index >= 15 is 0 Å². The molecule has 4 aliphatic rings. The van der Waals surface area contributed by atoms with Gasteiger partial charge in [0.2, 0.25) is 5.91 Å². The number of carbonyl (C=O) groups is 2. The number of ketones is 1. The quantitative estimate of drug-likeness (QED) is 0.279. The van der Waals surface area contributed by atoms with Crippen molar-refractivity contribution in [2.24, 2.45) is 52.3 Å². The number of hydrogen-bond acceptors (Lipinski definition) is 6. The third-order valence-corrected chi connectivity index (χ3v) is 14.1. The second-order valence-corrected chi connectivity index (χ2v) is 17.9. The molecule has 0 aromatic carbocycles. The molecule has 4 aliphatic carbocycles. The van der Waals surface area contributed by atoms with Gasteiger partial charge in [0.1, 0.15) is 5.78 Å². The van der Waals surface area contributed by atoms with E-state index in [4.69, 9.17) is 4.18 Å². The smallest absolute Gasteiger partial charge is 0.348 e. The first-order valence-electron chi connectivity index (χ1n) is 15.3. The number of fused-ring (bicyclic) bond motifs is 5. The van der Waals surface area contributed by atoms with Gasteiger partial charge in [-0.2, -0.15) is 8.42 Å². The van der Waals surface area contributed by atoms with Crippen molar-refractivity contribution in [1.29, 1.82) is 0 Å². The van der Waals surface area contributed by atoms with Gasteiger partial charge in [-0.3, -0.25) is 14.1 Å². The number of rotatable bonds is 8. The molecular formula is C31H46BrNO6S2. The first kappa shape index (κ1) is 31.6. The van der Waals surface area contributed by atoms with Gasteiger partial charge in [-0.15, -0.1) is 11.3 Å². The predicted octanol–water partition coefficient (Wildman–Crippen LogP) is 7.38. The van der Waals surface area contributed by atoms with Crippen LogP contribution in [0.5, 0.6) is 0 Å². The van der Waals surface area contributed by atoms with E-state index in [1.165, 1.54) is 0 Å². The van der Waals surface area contributed by atoms with E-state index in [0.29, 0.717) is 31.6 Å². The molecule has 1 amide bonds. The Labute approximate surface area is 258 Å². The van der Waals surface area contributed by atoms with Crippen LogP contribution in [0.1, 0.15) is 103 Å². The summed E-state index contributed by atoms with van der Waals surface area (Å²) in [4.78, 5) is 26.9. The van der Waals surface area contributed by atoms with Gasteiger partial charge in [-0.05, 0) is 119 Å². The Balaban J connectivity index is 1.34. The van der Waals surface area contributed by atoms with Crippen molar-refractivity contribution in [1.82, 2.24) is 5.32 Å². The minimum Gasteiger partial charge on any atom is -0.348 e. The Hall–Kier alpha value is -0.810. The summed E-state index contributed by atoms with van der Waals surface area (Å²) in [5, 5.41) is 3.31. The van der Waals surface area contributed by atoms with Crippen molar-refractivity contribution in [3.05, 3.63) is 20.8 Å². The van der Waals surface area contributed by atoms with Crippen LogP contribution in [0.15, 0.2) is 15.9 Å². The Morgan fingerprint density at radius 1 is 1.15 bits per heavy atom. The minimum atomic E-state index is -4.62. The zero-order chi connectivity index (χ0) is 29.9. The normalized spacial score (nSPS) is 38.6. The van der Waals surface area contributed by atoms with Crippen LogP contribution in [0.25, 0.3) is 0 Å². The summed E-state index contributed by atoms with van der Waals surface area (Å²) < 4.78 is 40.3. The Morgan fingerprint density at radius 3 is 2.49 bits per heavy atom. The van der Waals surface area contributed by atoms with Crippen LogP contribution >= 0.6 is 27.3 Å². The standard InChI is InChI=1S/C31H46BrNO6S2/c1-17(2)29(25-8-9-26(32)40-25)33-27(35)14-18(3)21-6-7-22-28-23(11-13-31(21,22)5)30(4)12-10-20(34)15-19(30)16-24(28)39-41(36,37)38/h8-9,17-19,21-24,28-29H,6-7,10-16H2,1-5H3,(H,33,35)(H,36,37,38)/t18-,19+,21-,22+,23+,24-,28+,29?,30+,31-/m1/s1. The summed E-state index contributed by atoms with van der Waals surface area (Å²) in [6, 6.07) is 4.08. The molecule has 10 heteroatoms. The molecule has 0 aliphatic heterocycles. The molecule has 230 valence electrons. The number of nitrogens with one attached hydrogen (secondary N) is 1. The lowest BCUT2D eigenvalue weighted by molar-refractivity contribution is -0.164. The molecule has 5 rings (SSSR count). The average molecular weight is 673 g/mol. The lowest BCUT2D eigenvalue weighted by Crippen LogP contribution is -2.59. The zero-order valence-electron chi connectivity index (χ0n) is 24.9. The molecule has 0 bridgehead atoms. The van der Waals surface area contributed by atoms with E-state index in [1.54, 1.807) is 11.3 Å². The first-order valence-corrected chi connectivity index (χ1v) is 18.3. The highest BCUT2D eigenvalue weighted by Crippen LogP contribution is 2.68. The van der Waals surface area contributed by atoms with Gasteiger partial charge in [0.15, 0.2) is 0 Å². The van der Waals surface area contributed by atoms with Gasteiger partial charge in [0.25, 0.3) is 0 Å². The van der Waals surface area contributed by atoms with E-state index in [0.717, 1.165) is 40.8 Å². The highest BCUT2D eigenvalue weighted by atomic mass is 79.9. The maximum atomic E-state index is 13.4. The van der Waals surface area contributed by atoms with Crippen molar-refractivity contribution in [3.63, 3.8) is 0 Å². The summed E-state index contributed by atoms with van der Waals surface area (Å²) in [5.41, 5.74) is -0.0589. The summed E-state index contributed by atoms with van der Waals surface area (Å²) in [7, 11) is -4.62. The molecule has 1 aromatic heterocycles. The Kier molecular flexibility index (Phi) is 8.94. The lowest BCUT2D eigenvalue weighted by Gasteiger charge is -2.62. The van der Waals surface area contributed by atoms with Crippen molar-refractivity contribution < 1.29 is 26.7 Å². The van der Waals surface area contributed by atoms with Gasteiger partial charge < -0.3 is 5.32 Å². The van der Waals surface area contributed by atoms with Crippen LogP contribution in [0, 0.1) is 52.3 Å². The molecule has 10 atom stereocenters. The Bertz CT molecular complexity index is 1260. The number of thiophene rings is 1. The molecule has 1 aromatic rings.